The SMILES string of the molecule is CCCNCP(=O)(OC)OC. The molecule has 0 aliphatic rings. The summed E-state index contributed by atoms with van der Waals surface area (Å²) in [5.41, 5.74) is 0. The van der Waals surface area contributed by atoms with Gasteiger partial charge < -0.3 is 14.4 Å². The summed E-state index contributed by atoms with van der Waals surface area (Å²) in [6.45, 7) is 2.87. The molecule has 68 valence electrons. The second-order valence-electron chi connectivity index (χ2n) is 2.13. The first-order valence-corrected chi connectivity index (χ1v) is 5.32. The summed E-state index contributed by atoms with van der Waals surface area (Å²) in [5, 5.41) is 2.96. The van der Waals surface area contributed by atoms with Gasteiger partial charge in [-0.25, -0.2) is 0 Å². The molecule has 0 spiro atoms. The predicted octanol–water partition coefficient (Wildman–Crippen LogP) is 1.43. The van der Waals surface area contributed by atoms with Crippen molar-refractivity contribution in [1.82, 2.24) is 5.32 Å². The Hall–Kier alpha value is 0.110. The van der Waals surface area contributed by atoms with E-state index in [-0.39, 0.29) is 6.29 Å². The van der Waals surface area contributed by atoms with E-state index >= 15 is 0 Å². The smallest absolute Gasteiger partial charge is 0.311 e. The summed E-state index contributed by atoms with van der Waals surface area (Å²) >= 11 is 0. The molecule has 0 aromatic rings. The molecule has 0 rings (SSSR count). The van der Waals surface area contributed by atoms with Crippen molar-refractivity contribution in [3.05, 3.63) is 0 Å². The molecule has 0 amide bonds. The first kappa shape index (κ1) is 11.1. The highest BCUT2D eigenvalue weighted by Crippen LogP contribution is 2.44. The fraction of sp³-hybridized carbons (Fsp3) is 1.00. The van der Waals surface area contributed by atoms with Crippen molar-refractivity contribution in [2.24, 2.45) is 0 Å². The molecule has 1 N–H and O–H groups in total. The molecule has 0 aromatic heterocycles. The Kier molecular flexibility index (Phi) is 5.78. The van der Waals surface area contributed by atoms with Gasteiger partial charge in [0.1, 0.15) is 0 Å². The van der Waals surface area contributed by atoms with Crippen LogP contribution in [0.5, 0.6) is 0 Å². The Morgan fingerprint density at radius 2 is 1.91 bits per heavy atom. The van der Waals surface area contributed by atoms with Crippen LogP contribution in [0.25, 0.3) is 0 Å². The molecular formula is C6H16NO3P. The van der Waals surface area contributed by atoms with Gasteiger partial charge in [-0.05, 0) is 13.0 Å². The van der Waals surface area contributed by atoms with Gasteiger partial charge in [0.2, 0.25) is 0 Å². The van der Waals surface area contributed by atoms with Gasteiger partial charge in [0.25, 0.3) is 0 Å². The highest BCUT2D eigenvalue weighted by atomic mass is 31.2. The average Bonchev–Trinajstić information content (AvgIpc) is 2.05. The van der Waals surface area contributed by atoms with Gasteiger partial charge in [-0.3, -0.25) is 4.57 Å². The number of nitrogens with one attached hydrogen (secondary N) is 1. The number of hydrogen-bond acceptors (Lipinski definition) is 4. The second kappa shape index (κ2) is 5.72. The average molecular weight is 181 g/mol. The van der Waals surface area contributed by atoms with Crippen LogP contribution in [0.2, 0.25) is 0 Å². The van der Waals surface area contributed by atoms with Crippen LogP contribution in [-0.4, -0.2) is 27.1 Å². The molecule has 0 unspecified atom stereocenters. The molecule has 0 aromatic carbocycles. The monoisotopic (exact) mass is 181 g/mol. The standard InChI is InChI=1S/C6H16NO3P/c1-4-5-7-6-11(8,9-2)10-3/h7H,4-6H2,1-3H3. The fourth-order valence-corrected chi connectivity index (χ4v) is 1.44. The molecule has 11 heavy (non-hydrogen) atoms. The van der Waals surface area contributed by atoms with Gasteiger partial charge >= 0.3 is 7.60 Å². The Balaban J connectivity index is 3.61. The van der Waals surface area contributed by atoms with Crippen LogP contribution in [-0.2, 0) is 13.6 Å². The molecule has 0 saturated carbocycles. The normalized spacial score (nSPS) is 11.9. The zero-order chi connectivity index (χ0) is 8.74. The fourth-order valence-electron chi connectivity index (χ4n) is 0.596. The third-order valence-electron chi connectivity index (χ3n) is 1.29. The molecule has 0 radical (unpaired) electrons. The lowest BCUT2D eigenvalue weighted by atomic mass is 10.5. The van der Waals surface area contributed by atoms with Gasteiger partial charge in [0, 0.05) is 14.2 Å². The molecule has 0 bridgehead atoms. The minimum Gasteiger partial charge on any atom is -0.311 e. The second-order valence-corrected chi connectivity index (χ2v) is 4.40. The molecule has 0 fully saturated rings. The first-order valence-electron chi connectivity index (χ1n) is 3.59. The maximum atomic E-state index is 11.3. The van der Waals surface area contributed by atoms with Gasteiger partial charge in [0.15, 0.2) is 0 Å². The number of hydrogen-bond donors (Lipinski definition) is 1. The van der Waals surface area contributed by atoms with Gasteiger partial charge in [-0.15, -0.1) is 0 Å². The van der Waals surface area contributed by atoms with Crippen LogP contribution >= 0.6 is 7.60 Å². The van der Waals surface area contributed by atoms with E-state index in [1.807, 2.05) is 6.92 Å². The van der Waals surface area contributed by atoms with Crippen molar-refractivity contribution >= 4 is 7.60 Å². The van der Waals surface area contributed by atoms with Gasteiger partial charge in [-0.2, -0.15) is 0 Å². The van der Waals surface area contributed by atoms with Gasteiger partial charge in [0.05, 0.1) is 6.29 Å². The summed E-state index contributed by atoms with van der Waals surface area (Å²) in [4.78, 5) is 0. The van der Waals surface area contributed by atoms with Crippen molar-refractivity contribution in [3.8, 4) is 0 Å². The van der Waals surface area contributed by atoms with Crippen molar-refractivity contribution in [2.45, 2.75) is 13.3 Å². The van der Waals surface area contributed by atoms with Crippen molar-refractivity contribution in [2.75, 3.05) is 27.1 Å². The van der Waals surface area contributed by atoms with Crippen LogP contribution in [0.4, 0.5) is 0 Å². The van der Waals surface area contributed by atoms with Crippen molar-refractivity contribution in [1.29, 1.82) is 0 Å². The Morgan fingerprint density at radius 3 is 2.27 bits per heavy atom. The zero-order valence-electron chi connectivity index (χ0n) is 7.29. The van der Waals surface area contributed by atoms with E-state index in [4.69, 9.17) is 9.05 Å². The summed E-state index contributed by atoms with van der Waals surface area (Å²) in [6.07, 6.45) is 1.29. The Morgan fingerprint density at radius 1 is 1.36 bits per heavy atom. The summed E-state index contributed by atoms with van der Waals surface area (Å²) < 4.78 is 20.7. The van der Waals surface area contributed by atoms with Crippen LogP contribution in [0.15, 0.2) is 0 Å². The summed E-state index contributed by atoms with van der Waals surface area (Å²) in [6, 6.07) is 0. The third kappa shape index (κ3) is 4.53. The minimum absolute atomic E-state index is 0.286. The van der Waals surface area contributed by atoms with Crippen LogP contribution in [0.1, 0.15) is 13.3 Å². The van der Waals surface area contributed by atoms with E-state index in [1.54, 1.807) is 0 Å². The van der Waals surface area contributed by atoms with Crippen LogP contribution < -0.4 is 5.32 Å². The number of rotatable bonds is 6. The van der Waals surface area contributed by atoms with Crippen molar-refractivity contribution in [3.63, 3.8) is 0 Å². The molecule has 0 aliphatic heterocycles. The van der Waals surface area contributed by atoms with Crippen LogP contribution in [0.3, 0.4) is 0 Å². The Bertz CT molecular complexity index is 132. The summed E-state index contributed by atoms with van der Waals surface area (Å²) in [5.74, 6) is 0. The zero-order valence-corrected chi connectivity index (χ0v) is 8.19. The molecule has 5 heteroatoms. The van der Waals surface area contributed by atoms with E-state index in [0.29, 0.717) is 0 Å². The van der Waals surface area contributed by atoms with Crippen LogP contribution in [0, 0.1) is 0 Å². The van der Waals surface area contributed by atoms with E-state index in [0.717, 1.165) is 13.0 Å². The topological polar surface area (TPSA) is 47.6 Å². The highest BCUT2D eigenvalue weighted by Gasteiger charge is 2.19. The molecule has 0 atom stereocenters. The molecule has 0 saturated heterocycles. The molecule has 0 aliphatic carbocycles. The highest BCUT2D eigenvalue weighted by molar-refractivity contribution is 7.53. The maximum Gasteiger partial charge on any atom is 0.343 e. The van der Waals surface area contributed by atoms with E-state index in [9.17, 15) is 4.57 Å². The first-order chi connectivity index (χ1) is 5.18. The van der Waals surface area contributed by atoms with E-state index in [1.165, 1.54) is 14.2 Å². The summed E-state index contributed by atoms with van der Waals surface area (Å²) in [7, 11) is -0.0483. The van der Waals surface area contributed by atoms with Gasteiger partial charge in [-0.1, -0.05) is 6.92 Å². The van der Waals surface area contributed by atoms with E-state index < -0.39 is 7.60 Å². The van der Waals surface area contributed by atoms with Crippen molar-refractivity contribution < 1.29 is 13.6 Å². The predicted molar refractivity (Wildman–Crippen MR) is 44.8 cm³/mol. The maximum absolute atomic E-state index is 11.3. The largest absolute Gasteiger partial charge is 0.343 e. The molecule has 0 heterocycles. The molecular weight excluding hydrogens is 165 g/mol. The lowest BCUT2D eigenvalue weighted by Gasteiger charge is -2.13. The quantitative estimate of drug-likeness (QED) is 0.497. The Labute approximate surface area is 67.8 Å². The third-order valence-corrected chi connectivity index (χ3v) is 3.01. The lowest BCUT2D eigenvalue weighted by molar-refractivity contribution is 0.273. The molecule has 4 nitrogen and oxygen atoms in total. The van der Waals surface area contributed by atoms with E-state index in [2.05, 4.69) is 5.32 Å². The minimum atomic E-state index is -2.82. The lowest BCUT2D eigenvalue weighted by Crippen LogP contribution is -2.17.